The van der Waals surface area contributed by atoms with Crippen LogP contribution in [0.3, 0.4) is 0 Å². The van der Waals surface area contributed by atoms with E-state index in [1.54, 1.807) is 16.9 Å². The predicted molar refractivity (Wildman–Crippen MR) is 102 cm³/mol. The van der Waals surface area contributed by atoms with E-state index < -0.39 is 0 Å². The summed E-state index contributed by atoms with van der Waals surface area (Å²) < 4.78 is 5.14. The molecule has 136 valence electrons. The highest BCUT2D eigenvalue weighted by molar-refractivity contribution is 5.99. The second kappa shape index (κ2) is 7.47. The van der Waals surface area contributed by atoms with Gasteiger partial charge in [0, 0.05) is 24.5 Å². The van der Waals surface area contributed by atoms with Gasteiger partial charge in [0.25, 0.3) is 0 Å². The molecule has 0 unspecified atom stereocenters. The first kappa shape index (κ1) is 17.8. The Labute approximate surface area is 153 Å². The van der Waals surface area contributed by atoms with Gasteiger partial charge in [0.1, 0.15) is 12.3 Å². The van der Waals surface area contributed by atoms with E-state index >= 15 is 0 Å². The molecular formula is C20H23N3O3. The zero-order valence-corrected chi connectivity index (χ0v) is 15.3. The number of aryl methyl sites for hydroxylation is 2. The van der Waals surface area contributed by atoms with Gasteiger partial charge < -0.3 is 15.0 Å². The maximum Gasteiger partial charge on any atom is 0.325 e. The molecular weight excluding hydrogens is 330 g/mol. The Balaban J connectivity index is 1.60. The van der Waals surface area contributed by atoms with Crippen molar-refractivity contribution in [3.05, 3.63) is 53.6 Å². The van der Waals surface area contributed by atoms with Crippen molar-refractivity contribution in [2.24, 2.45) is 0 Å². The fourth-order valence-electron chi connectivity index (χ4n) is 2.92. The highest BCUT2D eigenvalue weighted by Crippen LogP contribution is 2.23. The zero-order valence-electron chi connectivity index (χ0n) is 15.3. The van der Waals surface area contributed by atoms with Crippen LogP contribution in [0.1, 0.15) is 11.1 Å². The number of ether oxygens (including phenoxy) is 1. The summed E-state index contributed by atoms with van der Waals surface area (Å²) in [6, 6.07) is 12.9. The van der Waals surface area contributed by atoms with Crippen molar-refractivity contribution in [3.63, 3.8) is 0 Å². The second-order valence-electron chi connectivity index (χ2n) is 6.40. The SMILES string of the molecule is COc1ccc(N2CCN(CC(=O)Nc3ccc(C)c(C)c3)C2=O)cc1. The Hall–Kier alpha value is -3.02. The average molecular weight is 353 g/mol. The van der Waals surface area contributed by atoms with Crippen LogP contribution in [0.2, 0.25) is 0 Å². The third-order valence-corrected chi connectivity index (χ3v) is 4.60. The summed E-state index contributed by atoms with van der Waals surface area (Å²) in [5.74, 6) is 0.545. The van der Waals surface area contributed by atoms with Gasteiger partial charge in [-0.15, -0.1) is 0 Å². The van der Waals surface area contributed by atoms with E-state index in [0.717, 1.165) is 22.7 Å². The van der Waals surface area contributed by atoms with E-state index in [2.05, 4.69) is 5.32 Å². The fourth-order valence-corrected chi connectivity index (χ4v) is 2.92. The Kier molecular flexibility index (Phi) is 5.11. The summed E-state index contributed by atoms with van der Waals surface area (Å²) in [4.78, 5) is 28.1. The number of hydrogen-bond acceptors (Lipinski definition) is 3. The first-order valence-corrected chi connectivity index (χ1v) is 8.55. The highest BCUT2D eigenvalue weighted by Gasteiger charge is 2.30. The van der Waals surface area contributed by atoms with Crippen molar-refractivity contribution >= 4 is 23.3 Å². The molecule has 6 nitrogen and oxygen atoms in total. The Morgan fingerprint density at radius 1 is 1.08 bits per heavy atom. The lowest BCUT2D eigenvalue weighted by atomic mass is 10.1. The van der Waals surface area contributed by atoms with Crippen LogP contribution < -0.4 is 15.0 Å². The van der Waals surface area contributed by atoms with E-state index in [1.165, 1.54) is 5.56 Å². The molecule has 1 aliphatic heterocycles. The number of anilines is 2. The quantitative estimate of drug-likeness (QED) is 0.898. The first-order chi connectivity index (χ1) is 12.5. The smallest absolute Gasteiger partial charge is 0.325 e. The molecule has 1 N–H and O–H groups in total. The summed E-state index contributed by atoms with van der Waals surface area (Å²) in [5.41, 5.74) is 3.84. The van der Waals surface area contributed by atoms with E-state index in [4.69, 9.17) is 4.74 Å². The van der Waals surface area contributed by atoms with Gasteiger partial charge in [0.15, 0.2) is 0 Å². The number of hydrogen-bond donors (Lipinski definition) is 1. The molecule has 6 heteroatoms. The number of carbonyl (C=O) groups excluding carboxylic acids is 2. The van der Waals surface area contributed by atoms with Crippen LogP contribution in [-0.2, 0) is 4.79 Å². The lowest BCUT2D eigenvalue weighted by Gasteiger charge is -2.18. The molecule has 0 aliphatic carbocycles. The van der Waals surface area contributed by atoms with E-state index in [0.29, 0.717) is 13.1 Å². The number of amides is 3. The van der Waals surface area contributed by atoms with Crippen LogP contribution in [0.25, 0.3) is 0 Å². The van der Waals surface area contributed by atoms with Crippen molar-refractivity contribution in [2.75, 3.05) is 37.0 Å². The van der Waals surface area contributed by atoms with Gasteiger partial charge in [-0.25, -0.2) is 4.79 Å². The molecule has 0 spiro atoms. The lowest BCUT2D eigenvalue weighted by molar-refractivity contribution is -0.116. The standard InChI is InChI=1S/C20H23N3O3/c1-14-4-5-16(12-15(14)2)21-19(24)13-22-10-11-23(20(22)25)17-6-8-18(26-3)9-7-17/h4-9,12H,10-11,13H2,1-3H3,(H,21,24). The third kappa shape index (κ3) is 3.79. The molecule has 0 atom stereocenters. The number of nitrogens with one attached hydrogen (secondary N) is 1. The number of methoxy groups -OCH3 is 1. The van der Waals surface area contributed by atoms with Crippen LogP contribution in [0.4, 0.5) is 16.2 Å². The monoisotopic (exact) mass is 353 g/mol. The maximum atomic E-state index is 12.6. The number of carbonyl (C=O) groups is 2. The average Bonchev–Trinajstić information content (AvgIpc) is 2.99. The molecule has 3 rings (SSSR count). The van der Waals surface area contributed by atoms with Gasteiger partial charge in [-0.2, -0.15) is 0 Å². The maximum absolute atomic E-state index is 12.6. The van der Waals surface area contributed by atoms with E-state index in [1.807, 2.05) is 56.3 Å². The summed E-state index contributed by atoms with van der Waals surface area (Å²) in [6.45, 7) is 5.14. The van der Waals surface area contributed by atoms with Crippen LogP contribution in [0, 0.1) is 13.8 Å². The fraction of sp³-hybridized carbons (Fsp3) is 0.300. The molecule has 1 heterocycles. The van der Waals surface area contributed by atoms with Crippen LogP contribution in [0.15, 0.2) is 42.5 Å². The minimum Gasteiger partial charge on any atom is -0.497 e. The summed E-state index contributed by atoms with van der Waals surface area (Å²) in [7, 11) is 1.60. The second-order valence-corrected chi connectivity index (χ2v) is 6.40. The predicted octanol–water partition coefficient (Wildman–Crippen LogP) is 3.19. The van der Waals surface area contributed by atoms with Gasteiger partial charge in [-0.3, -0.25) is 9.69 Å². The molecule has 1 saturated heterocycles. The van der Waals surface area contributed by atoms with E-state index in [9.17, 15) is 9.59 Å². The molecule has 0 bridgehead atoms. The van der Waals surface area contributed by atoms with Gasteiger partial charge >= 0.3 is 6.03 Å². The minimum atomic E-state index is -0.196. The van der Waals surface area contributed by atoms with E-state index in [-0.39, 0.29) is 18.5 Å². The first-order valence-electron chi connectivity index (χ1n) is 8.55. The normalized spacial score (nSPS) is 13.9. The Bertz CT molecular complexity index is 818. The molecule has 2 aromatic carbocycles. The van der Waals surface area contributed by atoms with Crippen LogP contribution >= 0.6 is 0 Å². The molecule has 0 radical (unpaired) electrons. The number of benzene rings is 2. The lowest BCUT2D eigenvalue weighted by Crippen LogP contribution is -2.37. The highest BCUT2D eigenvalue weighted by atomic mass is 16.5. The van der Waals surface area contributed by atoms with Crippen molar-refractivity contribution in [3.8, 4) is 5.75 Å². The minimum absolute atomic E-state index is 0.0401. The Morgan fingerprint density at radius 3 is 2.46 bits per heavy atom. The molecule has 2 aromatic rings. The van der Waals surface area contributed by atoms with Crippen molar-refractivity contribution in [1.29, 1.82) is 0 Å². The van der Waals surface area contributed by atoms with Gasteiger partial charge in [-0.05, 0) is 61.4 Å². The molecule has 26 heavy (non-hydrogen) atoms. The number of rotatable bonds is 5. The summed E-state index contributed by atoms with van der Waals surface area (Å²) in [5, 5.41) is 2.86. The topological polar surface area (TPSA) is 61.9 Å². The zero-order chi connectivity index (χ0) is 18.7. The molecule has 1 fully saturated rings. The van der Waals surface area contributed by atoms with Gasteiger partial charge in [0.2, 0.25) is 5.91 Å². The Morgan fingerprint density at radius 2 is 1.81 bits per heavy atom. The van der Waals surface area contributed by atoms with Crippen LogP contribution in [0.5, 0.6) is 5.75 Å². The molecule has 0 aromatic heterocycles. The largest absolute Gasteiger partial charge is 0.497 e. The summed E-state index contributed by atoms with van der Waals surface area (Å²) in [6.07, 6.45) is 0. The van der Waals surface area contributed by atoms with Crippen molar-refractivity contribution in [2.45, 2.75) is 13.8 Å². The number of nitrogens with zero attached hydrogens (tertiary/aromatic N) is 2. The third-order valence-electron chi connectivity index (χ3n) is 4.60. The summed E-state index contributed by atoms with van der Waals surface area (Å²) >= 11 is 0. The molecule has 1 aliphatic rings. The number of urea groups is 1. The molecule has 3 amide bonds. The van der Waals surface area contributed by atoms with Crippen molar-refractivity contribution in [1.82, 2.24) is 4.90 Å². The van der Waals surface area contributed by atoms with Gasteiger partial charge in [0.05, 0.1) is 7.11 Å². The van der Waals surface area contributed by atoms with Crippen molar-refractivity contribution < 1.29 is 14.3 Å². The van der Waals surface area contributed by atoms with Crippen LogP contribution in [-0.4, -0.2) is 43.6 Å². The molecule has 0 saturated carbocycles. The van der Waals surface area contributed by atoms with Gasteiger partial charge in [-0.1, -0.05) is 6.07 Å².